The summed E-state index contributed by atoms with van der Waals surface area (Å²) in [4.78, 5) is 16.6. The predicted octanol–water partition coefficient (Wildman–Crippen LogP) is 0.801. The highest BCUT2D eigenvalue weighted by Crippen LogP contribution is 1.98. The molecule has 1 heterocycles. The SMILES string of the molecule is CN(C)C(=O)c1cccnc1.OO. The summed E-state index contributed by atoms with van der Waals surface area (Å²) in [7, 11) is 3.44. The molecule has 72 valence electrons. The molecular weight excluding hydrogens is 172 g/mol. The van der Waals surface area contributed by atoms with Crippen LogP contribution in [-0.2, 0) is 0 Å². The lowest BCUT2D eigenvalue weighted by atomic mass is 10.2. The molecule has 1 aromatic heterocycles. The smallest absolute Gasteiger partial charge is 0.254 e. The summed E-state index contributed by atoms with van der Waals surface area (Å²) in [6, 6.07) is 3.49. The molecule has 0 saturated carbocycles. The van der Waals surface area contributed by atoms with Crippen LogP contribution >= 0.6 is 0 Å². The van der Waals surface area contributed by atoms with Gasteiger partial charge < -0.3 is 4.90 Å². The number of aromatic nitrogens is 1. The van der Waals surface area contributed by atoms with Crippen LogP contribution in [0.5, 0.6) is 0 Å². The van der Waals surface area contributed by atoms with E-state index in [2.05, 4.69) is 4.98 Å². The zero-order valence-electron chi connectivity index (χ0n) is 7.51. The molecule has 0 unspecified atom stereocenters. The Bertz CT molecular complexity index is 249. The fraction of sp³-hybridized carbons (Fsp3) is 0.250. The van der Waals surface area contributed by atoms with Gasteiger partial charge in [0.15, 0.2) is 0 Å². The number of amides is 1. The van der Waals surface area contributed by atoms with Crippen molar-refractivity contribution in [2.24, 2.45) is 0 Å². The number of nitrogens with zero attached hydrogens (tertiary/aromatic N) is 2. The quantitative estimate of drug-likeness (QED) is 0.500. The monoisotopic (exact) mass is 184 g/mol. The van der Waals surface area contributed by atoms with E-state index in [-0.39, 0.29) is 5.91 Å². The minimum absolute atomic E-state index is 0.0156. The molecule has 0 aliphatic rings. The summed E-state index contributed by atoms with van der Waals surface area (Å²) in [5.74, 6) is -0.0156. The van der Waals surface area contributed by atoms with Crippen molar-refractivity contribution in [3.8, 4) is 0 Å². The highest BCUT2D eigenvalue weighted by Gasteiger charge is 2.05. The molecule has 0 saturated heterocycles. The van der Waals surface area contributed by atoms with Crippen molar-refractivity contribution in [3.05, 3.63) is 30.1 Å². The van der Waals surface area contributed by atoms with Crippen LogP contribution in [0.3, 0.4) is 0 Å². The Labute approximate surface area is 76.2 Å². The minimum Gasteiger partial charge on any atom is -0.345 e. The van der Waals surface area contributed by atoms with E-state index in [1.54, 1.807) is 38.6 Å². The Kier molecular flexibility index (Phi) is 5.42. The standard InChI is InChI=1S/C8H10N2O.H2O2/c1-10(2)8(11)7-4-3-5-9-6-7;1-2/h3-6H,1-2H3;1-2H. The van der Waals surface area contributed by atoms with Gasteiger partial charge in [-0.3, -0.25) is 20.3 Å². The highest BCUT2D eigenvalue weighted by atomic mass is 17.0. The van der Waals surface area contributed by atoms with E-state index < -0.39 is 0 Å². The highest BCUT2D eigenvalue weighted by molar-refractivity contribution is 5.93. The van der Waals surface area contributed by atoms with Crippen LogP contribution in [0.4, 0.5) is 0 Å². The Morgan fingerprint density at radius 3 is 2.46 bits per heavy atom. The van der Waals surface area contributed by atoms with Gasteiger partial charge in [0.05, 0.1) is 5.56 Å². The molecule has 0 bridgehead atoms. The number of carbonyl (C=O) groups excluding carboxylic acids is 1. The first-order chi connectivity index (χ1) is 6.22. The lowest BCUT2D eigenvalue weighted by molar-refractivity contribution is -0.176. The molecule has 0 aromatic carbocycles. The topological polar surface area (TPSA) is 73.7 Å². The van der Waals surface area contributed by atoms with Gasteiger partial charge in [-0.2, -0.15) is 0 Å². The van der Waals surface area contributed by atoms with Gasteiger partial charge in [-0.1, -0.05) is 0 Å². The zero-order chi connectivity index (χ0) is 10.3. The molecule has 0 radical (unpaired) electrons. The number of rotatable bonds is 1. The third-order valence-electron chi connectivity index (χ3n) is 1.31. The number of hydrogen-bond acceptors (Lipinski definition) is 4. The molecule has 2 N–H and O–H groups in total. The third-order valence-corrected chi connectivity index (χ3v) is 1.31. The second-order valence-corrected chi connectivity index (χ2v) is 2.44. The molecular formula is C8H12N2O3. The maximum Gasteiger partial charge on any atom is 0.254 e. The van der Waals surface area contributed by atoms with E-state index >= 15 is 0 Å². The van der Waals surface area contributed by atoms with Gasteiger partial charge in [-0.15, -0.1) is 0 Å². The van der Waals surface area contributed by atoms with Crippen LogP contribution in [0, 0.1) is 0 Å². The fourth-order valence-electron chi connectivity index (χ4n) is 0.747. The summed E-state index contributed by atoms with van der Waals surface area (Å²) in [6.07, 6.45) is 3.20. The average molecular weight is 184 g/mol. The molecule has 0 aliphatic carbocycles. The summed E-state index contributed by atoms with van der Waals surface area (Å²) in [6.45, 7) is 0. The third kappa shape index (κ3) is 3.64. The lowest BCUT2D eigenvalue weighted by Gasteiger charge is -2.08. The Morgan fingerprint density at radius 2 is 2.08 bits per heavy atom. The Morgan fingerprint density at radius 1 is 1.46 bits per heavy atom. The summed E-state index contributed by atoms with van der Waals surface area (Å²) in [5, 5.41) is 12.0. The van der Waals surface area contributed by atoms with Gasteiger partial charge in [0.1, 0.15) is 0 Å². The lowest BCUT2D eigenvalue weighted by Crippen LogP contribution is -2.21. The molecule has 5 nitrogen and oxygen atoms in total. The normalized spacial score (nSPS) is 8.31. The maximum atomic E-state index is 11.2. The summed E-state index contributed by atoms with van der Waals surface area (Å²) in [5.41, 5.74) is 0.623. The van der Waals surface area contributed by atoms with E-state index in [0.717, 1.165) is 0 Å². The van der Waals surface area contributed by atoms with Gasteiger partial charge in [0.25, 0.3) is 5.91 Å². The fourth-order valence-corrected chi connectivity index (χ4v) is 0.747. The van der Waals surface area contributed by atoms with Crippen LogP contribution < -0.4 is 0 Å². The van der Waals surface area contributed by atoms with Crippen LogP contribution in [0.25, 0.3) is 0 Å². The van der Waals surface area contributed by atoms with Crippen molar-refractivity contribution in [3.63, 3.8) is 0 Å². The molecule has 1 amide bonds. The molecule has 0 atom stereocenters. The molecule has 0 aliphatic heterocycles. The molecule has 5 heteroatoms. The maximum absolute atomic E-state index is 11.2. The van der Waals surface area contributed by atoms with Crippen molar-refractivity contribution in [2.75, 3.05) is 14.1 Å². The average Bonchev–Trinajstić information content (AvgIpc) is 2.21. The van der Waals surface area contributed by atoms with Gasteiger partial charge in [-0.25, -0.2) is 0 Å². The van der Waals surface area contributed by atoms with Crippen LogP contribution in [-0.4, -0.2) is 40.4 Å². The Balaban J connectivity index is 0.000000671. The van der Waals surface area contributed by atoms with Gasteiger partial charge >= 0.3 is 0 Å². The Hall–Kier alpha value is -1.46. The number of carbonyl (C=O) groups is 1. The van der Waals surface area contributed by atoms with E-state index in [1.165, 1.54) is 4.90 Å². The van der Waals surface area contributed by atoms with Crippen LogP contribution in [0.15, 0.2) is 24.5 Å². The number of hydrogen-bond donors (Lipinski definition) is 2. The minimum atomic E-state index is -0.0156. The van der Waals surface area contributed by atoms with Gasteiger partial charge in [-0.05, 0) is 12.1 Å². The molecule has 1 rings (SSSR count). The van der Waals surface area contributed by atoms with Crippen molar-refractivity contribution in [1.29, 1.82) is 0 Å². The molecule has 0 spiro atoms. The first-order valence-corrected chi connectivity index (χ1v) is 3.53. The molecule has 13 heavy (non-hydrogen) atoms. The van der Waals surface area contributed by atoms with Crippen molar-refractivity contribution >= 4 is 5.91 Å². The largest absolute Gasteiger partial charge is 0.345 e. The van der Waals surface area contributed by atoms with E-state index in [1.807, 2.05) is 0 Å². The zero-order valence-corrected chi connectivity index (χ0v) is 7.51. The van der Waals surface area contributed by atoms with Gasteiger partial charge in [0.2, 0.25) is 0 Å². The van der Waals surface area contributed by atoms with Crippen molar-refractivity contribution in [1.82, 2.24) is 9.88 Å². The predicted molar refractivity (Wildman–Crippen MR) is 47.5 cm³/mol. The molecule has 1 aromatic rings. The van der Waals surface area contributed by atoms with Crippen molar-refractivity contribution < 1.29 is 15.3 Å². The van der Waals surface area contributed by atoms with E-state index in [9.17, 15) is 4.79 Å². The first kappa shape index (κ1) is 11.5. The summed E-state index contributed by atoms with van der Waals surface area (Å²) < 4.78 is 0. The second-order valence-electron chi connectivity index (χ2n) is 2.44. The first-order valence-electron chi connectivity index (χ1n) is 3.53. The summed E-state index contributed by atoms with van der Waals surface area (Å²) >= 11 is 0. The molecule has 0 fully saturated rings. The van der Waals surface area contributed by atoms with Crippen molar-refractivity contribution in [2.45, 2.75) is 0 Å². The van der Waals surface area contributed by atoms with Crippen LogP contribution in [0.1, 0.15) is 10.4 Å². The van der Waals surface area contributed by atoms with E-state index in [4.69, 9.17) is 10.5 Å². The van der Waals surface area contributed by atoms with Gasteiger partial charge in [0, 0.05) is 26.5 Å². The van der Waals surface area contributed by atoms with E-state index in [0.29, 0.717) is 5.56 Å². The number of pyridine rings is 1. The second kappa shape index (κ2) is 6.10. The van der Waals surface area contributed by atoms with Crippen LogP contribution in [0.2, 0.25) is 0 Å².